The second-order valence-corrected chi connectivity index (χ2v) is 9.48. The molecule has 3 amide bonds. The summed E-state index contributed by atoms with van der Waals surface area (Å²) in [6, 6.07) is 1.06. The van der Waals surface area contributed by atoms with Gasteiger partial charge in [0.1, 0.15) is 6.04 Å². The Morgan fingerprint density at radius 1 is 1.21 bits per heavy atom. The molecule has 3 atom stereocenters. The van der Waals surface area contributed by atoms with Crippen LogP contribution in [0.4, 0.5) is 14.5 Å². The molecule has 3 aliphatic rings. The molecule has 0 unspecified atom stereocenters. The fourth-order valence-corrected chi connectivity index (χ4v) is 5.63. The zero-order valence-electron chi connectivity index (χ0n) is 16.1. The van der Waals surface area contributed by atoms with Crippen molar-refractivity contribution in [1.82, 2.24) is 9.80 Å². The van der Waals surface area contributed by atoms with Crippen LogP contribution in [0, 0.1) is 13.8 Å². The Bertz CT molecular complexity index is 875. The maximum absolute atomic E-state index is 15.7. The summed E-state index contributed by atoms with van der Waals surface area (Å²) in [6.07, 6.45) is 1.15. The lowest BCUT2D eigenvalue weighted by Gasteiger charge is -2.28. The first-order valence-corrected chi connectivity index (χ1v) is 10.2. The number of amides is 3. The van der Waals surface area contributed by atoms with Gasteiger partial charge in [-0.1, -0.05) is 0 Å². The Labute approximate surface area is 166 Å². The number of halogens is 2. The van der Waals surface area contributed by atoms with Crippen LogP contribution >= 0.6 is 11.3 Å². The number of fused-ring (bicyclic) bond motifs is 1. The van der Waals surface area contributed by atoms with Gasteiger partial charge in [0.05, 0.1) is 25.3 Å². The normalized spacial score (nSPS) is 32.4. The number of anilines is 1. The molecule has 1 aromatic rings. The molecule has 3 aliphatic heterocycles. The van der Waals surface area contributed by atoms with Crippen molar-refractivity contribution in [3.8, 4) is 0 Å². The molecule has 0 bridgehead atoms. The lowest BCUT2D eigenvalue weighted by molar-refractivity contribution is -0.143. The summed E-state index contributed by atoms with van der Waals surface area (Å²) >= 11 is 1.47. The number of thiophene rings is 1. The standard InChI is InChI=1S/C19H23F2N3O3S/c1-11-7-15(12(2)28-11)24-9-18(20)8-22(10-19(18,21)17(24)27)16(26)14-5-4-6-23(14)13(3)25/h7,14H,4-6,8-10H2,1-3H3/t14-,18-,19+/m0/s1. The predicted octanol–water partition coefficient (Wildman–Crippen LogP) is 1.98. The minimum absolute atomic E-state index is 0.231. The highest BCUT2D eigenvalue weighted by molar-refractivity contribution is 7.12. The molecular weight excluding hydrogens is 388 g/mol. The Balaban J connectivity index is 1.57. The van der Waals surface area contributed by atoms with Crippen molar-refractivity contribution >= 4 is 34.7 Å². The van der Waals surface area contributed by atoms with Gasteiger partial charge in [-0.2, -0.15) is 0 Å². The average Bonchev–Trinajstić information content (AvgIpc) is 3.32. The van der Waals surface area contributed by atoms with E-state index in [4.69, 9.17) is 0 Å². The first-order chi connectivity index (χ1) is 13.1. The van der Waals surface area contributed by atoms with Crippen LogP contribution in [0.5, 0.6) is 0 Å². The first kappa shape index (κ1) is 19.3. The lowest BCUT2D eigenvalue weighted by Crippen LogP contribution is -2.49. The van der Waals surface area contributed by atoms with Gasteiger partial charge in [-0.3, -0.25) is 14.4 Å². The van der Waals surface area contributed by atoms with E-state index in [1.165, 1.54) is 28.1 Å². The molecule has 1 aromatic heterocycles. The quantitative estimate of drug-likeness (QED) is 0.748. The van der Waals surface area contributed by atoms with Gasteiger partial charge < -0.3 is 14.7 Å². The van der Waals surface area contributed by atoms with E-state index in [9.17, 15) is 14.4 Å². The molecule has 0 aromatic carbocycles. The Kier molecular flexibility index (Phi) is 4.30. The second-order valence-electron chi connectivity index (χ2n) is 8.02. The molecular formula is C19H23F2N3O3S. The fourth-order valence-electron chi connectivity index (χ4n) is 4.71. The smallest absolute Gasteiger partial charge is 0.270 e. The van der Waals surface area contributed by atoms with E-state index < -0.39 is 48.8 Å². The van der Waals surface area contributed by atoms with Gasteiger partial charge in [0, 0.05) is 23.2 Å². The molecule has 28 heavy (non-hydrogen) atoms. The largest absolute Gasteiger partial charge is 0.334 e. The SMILES string of the molecule is CC(=O)N1CCC[C@H]1C(=O)N1C[C@]2(F)CN(c3cc(C)sc3C)C(=O)[C@]2(F)C1. The third kappa shape index (κ3) is 2.58. The number of hydrogen-bond donors (Lipinski definition) is 0. The highest BCUT2D eigenvalue weighted by Crippen LogP contribution is 2.48. The molecule has 0 aliphatic carbocycles. The number of rotatable bonds is 2. The third-order valence-corrected chi connectivity index (χ3v) is 7.07. The first-order valence-electron chi connectivity index (χ1n) is 9.40. The minimum Gasteiger partial charge on any atom is -0.334 e. The molecule has 3 fully saturated rings. The number of alkyl halides is 2. The number of aryl methyl sites for hydroxylation is 2. The Morgan fingerprint density at radius 2 is 1.93 bits per heavy atom. The minimum atomic E-state index is -2.76. The summed E-state index contributed by atoms with van der Waals surface area (Å²) in [6.45, 7) is 4.04. The van der Waals surface area contributed by atoms with Crippen LogP contribution in [-0.2, 0) is 14.4 Å². The molecule has 9 heteroatoms. The number of carbonyl (C=O) groups is 3. The topological polar surface area (TPSA) is 60.9 Å². The maximum Gasteiger partial charge on any atom is 0.270 e. The summed E-state index contributed by atoms with van der Waals surface area (Å²) in [5, 5.41) is 0. The van der Waals surface area contributed by atoms with E-state index >= 15 is 8.78 Å². The molecule has 4 rings (SSSR count). The van der Waals surface area contributed by atoms with E-state index in [0.717, 1.165) is 14.7 Å². The van der Waals surface area contributed by atoms with Crippen LogP contribution in [-0.4, -0.2) is 71.1 Å². The number of nitrogens with zero attached hydrogens (tertiary/aromatic N) is 3. The lowest BCUT2D eigenvalue weighted by atomic mass is 9.93. The van der Waals surface area contributed by atoms with E-state index in [-0.39, 0.29) is 5.91 Å². The molecule has 0 N–H and O–H groups in total. The van der Waals surface area contributed by atoms with E-state index in [2.05, 4.69) is 0 Å². The van der Waals surface area contributed by atoms with Gasteiger partial charge in [-0.25, -0.2) is 8.78 Å². The van der Waals surface area contributed by atoms with Gasteiger partial charge >= 0.3 is 0 Å². The molecule has 0 spiro atoms. The summed E-state index contributed by atoms with van der Waals surface area (Å²) in [5.74, 6) is -1.63. The number of likely N-dealkylation sites (tertiary alicyclic amines) is 2. The molecule has 6 nitrogen and oxygen atoms in total. The third-order valence-electron chi connectivity index (χ3n) is 6.11. The van der Waals surface area contributed by atoms with Crippen LogP contribution in [0.15, 0.2) is 6.07 Å². The van der Waals surface area contributed by atoms with Gasteiger partial charge in [0.2, 0.25) is 17.5 Å². The zero-order valence-corrected chi connectivity index (χ0v) is 16.9. The summed E-state index contributed by atoms with van der Waals surface area (Å²) in [7, 11) is 0. The van der Waals surface area contributed by atoms with Crippen molar-refractivity contribution in [1.29, 1.82) is 0 Å². The monoisotopic (exact) mass is 411 g/mol. The van der Waals surface area contributed by atoms with Crippen molar-refractivity contribution in [3.63, 3.8) is 0 Å². The Morgan fingerprint density at radius 3 is 2.50 bits per heavy atom. The van der Waals surface area contributed by atoms with Crippen molar-refractivity contribution in [3.05, 3.63) is 15.8 Å². The predicted molar refractivity (Wildman–Crippen MR) is 101 cm³/mol. The van der Waals surface area contributed by atoms with Gasteiger partial charge in [0.15, 0.2) is 5.67 Å². The molecule has 4 heterocycles. The van der Waals surface area contributed by atoms with Crippen molar-refractivity contribution in [2.75, 3.05) is 31.1 Å². The van der Waals surface area contributed by atoms with Gasteiger partial charge in [0.25, 0.3) is 5.91 Å². The molecule has 0 radical (unpaired) electrons. The molecule has 3 saturated heterocycles. The molecule has 0 saturated carbocycles. The number of carbonyl (C=O) groups excluding carboxylic acids is 3. The fraction of sp³-hybridized carbons (Fsp3) is 0.632. The highest BCUT2D eigenvalue weighted by atomic mass is 32.1. The Hall–Kier alpha value is -2.03. The van der Waals surface area contributed by atoms with Crippen LogP contribution in [0.1, 0.15) is 29.5 Å². The van der Waals surface area contributed by atoms with Crippen LogP contribution < -0.4 is 4.90 Å². The maximum atomic E-state index is 15.7. The number of hydrogen-bond acceptors (Lipinski definition) is 4. The van der Waals surface area contributed by atoms with Gasteiger partial charge in [-0.15, -0.1) is 11.3 Å². The summed E-state index contributed by atoms with van der Waals surface area (Å²) in [5.41, 5.74) is -4.68. The summed E-state index contributed by atoms with van der Waals surface area (Å²) < 4.78 is 31.3. The average molecular weight is 411 g/mol. The van der Waals surface area contributed by atoms with Crippen LogP contribution in [0.2, 0.25) is 0 Å². The van der Waals surface area contributed by atoms with E-state index in [1.807, 2.05) is 13.8 Å². The van der Waals surface area contributed by atoms with Crippen LogP contribution in [0.25, 0.3) is 0 Å². The second kappa shape index (κ2) is 6.23. The van der Waals surface area contributed by atoms with E-state index in [0.29, 0.717) is 25.1 Å². The highest BCUT2D eigenvalue weighted by Gasteiger charge is 2.72. The van der Waals surface area contributed by atoms with E-state index in [1.54, 1.807) is 6.07 Å². The van der Waals surface area contributed by atoms with Gasteiger partial charge in [-0.05, 0) is 32.8 Å². The van der Waals surface area contributed by atoms with Crippen molar-refractivity contribution in [2.24, 2.45) is 0 Å². The summed E-state index contributed by atoms with van der Waals surface area (Å²) in [4.78, 5) is 42.9. The molecule has 152 valence electrons. The van der Waals surface area contributed by atoms with Crippen molar-refractivity contribution < 1.29 is 23.2 Å². The van der Waals surface area contributed by atoms with Crippen LogP contribution in [0.3, 0.4) is 0 Å². The zero-order chi connectivity index (χ0) is 20.4. The van der Waals surface area contributed by atoms with Crippen molar-refractivity contribution in [2.45, 2.75) is 51.0 Å².